The van der Waals surface area contributed by atoms with Crippen molar-refractivity contribution in [3.63, 3.8) is 0 Å². The first kappa shape index (κ1) is 16.2. The molecule has 0 atom stereocenters. The third-order valence-corrected chi connectivity index (χ3v) is 4.05. The summed E-state index contributed by atoms with van der Waals surface area (Å²) in [4.78, 5) is 9.55. The average Bonchev–Trinajstić information content (AvgIpc) is 2.45. The van der Waals surface area contributed by atoms with Crippen molar-refractivity contribution in [1.82, 2.24) is 15.2 Å². The van der Waals surface area contributed by atoms with Crippen LogP contribution in [0.25, 0.3) is 0 Å². The second kappa shape index (κ2) is 7.76. The molecule has 4 heteroatoms. The lowest BCUT2D eigenvalue weighted by molar-refractivity contribution is 0.284. The number of nitrogens with zero attached hydrogens (tertiary/aromatic N) is 3. The van der Waals surface area contributed by atoms with Gasteiger partial charge in [0, 0.05) is 32.2 Å². The number of hydrogen-bond donors (Lipinski definition) is 1. The quantitative estimate of drug-likeness (QED) is 0.871. The van der Waals surface area contributed by atoms with Crippen molar-refractivity contribution in [2.75, 3.05) is 38.6 Å². The molecule has 0 bridgehead atoms. The minimum atomic E-state index is 0.497. The van der Waals surface area contributed by atoms with Crippen LogP contribution in [0.5, 0.6) is 0 Å². The van der Waals surface area contributed by atoms with Gasteiger partial charge in [-0.15, -0.1) is 0 Å². The molecule has 2 heterocycles. The van der Waals surface area contributed by atoms with Gasteiger partial charge in [-0.25, -0.2) is 4.98 Å². The molecule has 0 radical (unpaired) electrons. The number of nitrogens with one attached hydrogen (secondary N) is 1. The molecule has 1 aromatic rings. The van der Waals surface area contributed by atoms with Gasteiger partial charge in [0.2, 0.25) is 0 Å². The van der Waals surface area contributed by atoms with E-state index in [9.17, 15) is 0 Å². The largest absolute Gasteiger partial charge is 0.357 e. The summed E-state index contributed by atoms with van der Waals surface area (Å²) in [7, 11) is 4.33. The van der Waals surface area contributed by atoms with Crippen molar-refractivity contribution in [2.24, 2.45) is 5.92 Å². The Bertz CT molecular complexity index is 423. The average molecular weight is 290 g/mol. The molecule has 4 nitrogen and oxygen atoms in total. The van der Waals surface area contributed by atoms with Gasteiger partial charge in [-0.05, 0) is 45.0 Å². The van der Waals surface area contributed by atoms with E-state index in [1.807, 2.05) is 0 Å². The Morgan fingerprint density at radius 3 is 2.62 bits per heavy atom. The lowest BCUT2D eigenvalue weighted by Crippen LogP contribution is -2.37. The highest BCUT2D eigenvalue weighted by molar-refractivity contribution is 5.39. The fourth-order valence-electron chi connectivity index (χ4n) is 2.91. The van der Waals surface area contributed by atoms with Crippen LogP contribution in [0.1, 0.15) is 32.4 Å². The van der Waals surface area contributed by atoms with Crippen molar-refractivity contribution in [3.8, 4) is 0 Å². The number of pyridine rings is 1. The summed E-state index contributed by atoms with van der Waals surface area (Å²) in [5, 5.41) is 3.43. The molecular weight excluding hydrogens is 260 g/mol. The molecule has 0 aliphatic carbocycles. The molecule has 118 valence electrons. The second-order valence-electron chi connectivity index (χ2n) is 6.72. The Morgan fingerprint density at radius 2 is 2.00 bits per heavy atom. The van der Waals surface area contributed by atoms with Gasteiger partial charge in [0.15, 0.2) is 0 Å². The Morgan fingerprint density at radius 1 is 1.29 bits per heavy atom. The molecule has 1 fully saturated rings. The van der Waals surface area contributed by atoms with E-state index >= 15 is 0 Å². The fourth-order valence-corrected chi connectivity index (χ4v) is 2.91. The highest BCUT2D eigenvalue weighted by atomic mass is 15.2. The van der Waals surface area contributed by atoms with Gasteiger partial charge in [-0.3, -0.25) is 0 Å². The summed E-state index contributed by atoms with van der Waals surface area (Å²) < 4.78 is 0. The van der Waals surface area contributed by atoms with Gasteiger partial charge in [-0.2, -0.15) is 0 Å². The predicted molar refractivity (Wildman–Crippen MR) is 89.7 cm³/mol. The number of aromatic nitrogens is 1. The zero-order chi connectivity index (χ0) is 15.2. The Hall–Kier alpha value is -1.13. The minimum Gasteiger partial charge on any atom is -0.357 e. The van der Waals surface area contributed by atoms with Crippen molar-refractivity contribution in [1.29, 1.82) is 0 Å². The van der Waals surface area contributed by atoms with Crippen LogP contribution in [-0.2, 0) is 6.54 Å². The smallest absolute Gasteiger partial charge is 0.128 e. The van der Waals surface area contributed by atoms with Crippen LogP contribution in [0.15, 0.2) is 18.2 Å². The minimum absolute atomic E-state index is 0.497. The molecular formula is C17H30N4. The highest BCUT2D eigenvalue weighted by Crippen LogP contribution is 2.22. The van der Waals surface area contributed by atoms with E-state index in [4.69, 9.17) is 4.98 Å². The molecule has 1 saturated heterocycles. The van der Waals surface area contributed by atoms with Crippen LogP contribution in [0.4, 0.5) is 5.82 Å². The first-order valence-electron chi connectivity index (χ1n) is 8.13. The topological polar surface area (TPSA) is 31.4 Å². The summed E-state index contributed by atoms with van der Waals surface area (Å²) in [6.07, 6.45) is 2.54. The molecule has 0 unspecified atom stereocenters. The van der Waals surface area contributed by atoms with Gasteiger partial charge >= 0.3 is 0 Å². The third-order valence-electron chi connectivity index (χ3n) is 4.05. The summed E-state index contributed by atoms with van der Waals surface area (Å²) in [5.41, 5.74) is 1.14. The Kier molecular flexibility index (Phi) is 6.00. The summed E-state index contributed by atoms with van der Waals surface area (Å²) in [6, 6.07) is 6.88. The van der Waals surface area contributed by atoms with Gasteiger partial charge in [0.1, 0.15) is 5.82 Å². The standard InChI is InChI=1S/C17H30N4/c1-14(2)18-12-16-6-5-7-17(19-16)21-10-8-15(9-11-21)13-20(3)4/h5-7,14-15,18H,8-13H2,1-4H3. The van der Waals surface area contributed by atoms with Gasteiger partial charge < -0.3 is 15.1 Å². The summed E-state index contributed by atoms with van der Waals surface area (Å²) >= 11 is 0. The molecule has 2 rings (SSSR count). The van der Waals surface area contributed by atoms with Gasteiger partial charge in [0.25, 0.3) is 0 Å². The van der Waals surface area contributed by atoms with Crippen LogP contribution in [0, 0.1) is 5.92 Å². The molecule has 1 aliphatic heterocycles. The number of piperidine rings is 1. The van der Waals surface area contributed by atoms with Crippen molar-refractivity contribution >= 4 is 5.82 Å². The number of hydrogen-bond acceptors (Lipinski definition) is 4. The fraction of sp³-hybridized carbons (Fsp3) is 0.706. The maximum Gasteiger partial charge on any atom is 0.128 e. The zero-order valence-corrected chi connectivity index (χ0v) is 14.0. The van der Waals surface area contributed by atoms with Crippen LogP contribution in [0.2, 0.25) is 0 Å². The number of anilines is 1. The highest BCUT2D eigenvalue weighted by Gasteiger charge is 2.20. The Labute approximate surface area is 129 Å². The molecule has 0 saturated carbocycles. The van der Waals surface area contributed by atoms with Crippen molar-refractivity contribution < 1.29 is 0 Å². The van der Waals surface area contributed by atoms with E-state index in [0.717, 1.165) is 37.1 Å². The SMILES string of the molecule is CC(C)NCc1cccc(N2CCC(CN(C)C)CC2)n1. The predicted octanol–water partition coefficient (Wildman–Crippen LogP) is 2.36. The van der Waals surface area contributed by atoms with Crippen LogP contribution >= 0.6 is 0 Å². The maximum absolute atomic E-state index is 4.81. The van der Waals surface area contributed by atoms with Crippen LogP contribution in [-0.4, -0.2) is 49.7 Å². The maximum atomic E-state index is 4.81. The molecule has 0 amide bonds. The monoisotopic (exact) mass is 290 g/mol. The van der Waals surface area contributed by atoms with E-state index < -0.39 is 0 Å². The van der Waals surface area contributed by atoms with E-state index in [2.05, 4.69) is 61.3 Å². The van der Waals surface area contributed by atoms with Gasteiger partial charge in [-0.1, -0.05) is 19.9 Å². The molecule has 1 aliphatic rings. The summed E-state index contributed by atoms with van der Waals surface area (Å²) in [5.74, 6) is 1.98. The third kappa shape index (κ3) is 5.29. The van der Waals surface area contributed by atoms with Crippen LogP contribution in [0.3, 0.4) is 0 Å². The van der Waals surface area contributed by atoms with Gasteiger partial charge in [0.05, 0.1) is 5.69 Å². The first-order valence-corrected chi connectivity index (χ1v) is 8.13. The van der Waals surface area contributed by atoms with E-state index in [-0.39, 0.29) is 0 Å². The number of rotatable bonds is 6. The van der Waals surface area contributed by atoms with E-state index in [1.54, 1.807) is 0 Å². The molecule has 0 spiro atoms. The normalized spacial score (nSPS) is 17.0. The lowest BCUT2D eigenvalue weighted by Gasteiger charge is -2.34. The zero-order valence-electron chi connectivity index (χ0n) is 14.0. The lowest BCUT2D eigenvalue weighted by atomic mass is 9.96. The Balaban J connectivity index is 1.89. The molecule has 21 heavy (non-hydrogen) atoms. The van der Waals surface area contributed by atoms with Crippen LogP contribution < -0.4 is 10.2 Å². The van der Waals surface area contributed by atoms with Crippen molar-refractivity contribution in [3.05, 3.63) is 23.9 Å². The first-order chi connectivity index (χ1) is 10.0. The molecule has 0 aromatic carbocycles. The second-order valence-corrected chi connectivity index (χ2v) is 6.72. The van der Waals surface area contributed by atoms with E-state index in [1.165, 1.54) is 19.4 Å². The summed E-state index contributed by atoms with van der Waals surface area (Å²) in [6.45, 7) is 8.65. The molecule has 1 aromatic heterocycles. The van der Waals surface area contributed by atoms with Crippen molar-refractivity contribution in [2.45, 2.75) is 39.3 Å². The molecule has 1 N–H and O–H groups in total. The van der Waals surface area contributed by atoms with E-state index in [0.29, 0.717) is 6.04 Å².